The highest BCUT2D eigenvalue weighted by Crippen LogP contribution is 2.31. The maximum atomic E-state index is 11.7. The Balaban J connectivity index is 3.11. The quantitative estimate of drug-likeness (QED) is 0.723. The van der Waals surface area contributed by atoms with Gasteiger partial charge in [0.2, 0.25) is 0 Å². The van der Waals surface area contributed by atoms with Gasteiger partial charge in [0.25, 0.3) is 0 Å². The molecule has 0 saturated heterocycles. The second kappa shape index (κ2) is 6.52. The number of hydrogen-bond acceptors (Lipinski definition) is 3. The van der Waals surface area contributed by atoms with Crippen molar-refractivity contribution in [2.45, 2.75) is 25.2 Å². The second-order valence-corrected chi connectivity index (χ2v) is 4.50. The summed E-state index contributed by atoms with van der Waals surface area (Å²) in [5, 5.41) is 9.58. The summed E-state index contributed by atoms with van der Waals surface area (Å²) in [5.41, 5.74) is 6.52. The van der Waals surface area contributed by atoms with Gasteiger partial charge in [-0.15, -0.1) is 0 Å². The number of methoxy groups -OCH3 is 1. The van der Waals surface area contributed by atoms with Gasteiger partial charge in [-0.3, -0.25) is 4.79 Å². The maximum Gasteiger partial charge on any atom is 0.315 e. The van der Waals surface area contributed by atoms with Crippen molar-refractivity contribution >= 4 is 5.97 Å². The smallest absolute Gasteiger partial charge is 0.315 e. The van der Waals surface area contributed by atoms with E-state index in [0.29, 0.717) is 19.4 Å². The molecule has 0 radical (unpaired) electrons. The van der Waals surface area contributed by atoms with Crippen LogP contribution in [-0.2, 0) is 14.9 Å². The normalized spacial score (nSPS) is 14.2. The van der Waals surface area contributed by atoms with Gasteiger partial charge in [0.1, 0.15) is 5.41 Å². The van der Waals surface area contributed by atoms with Crippen LogP contribution in [0.5, 0.6) is 0 Å². The predicted octanol–water partition coefficient (Wildman–Crippen LogP) is 1.70. The first-order valence-corrected chi connectivity index (χ1v) is 6.07. The molecule has 0 amide bonds. The first-order valence-electron chi connectivity index (χ1n) is 6.07. The SMILES string of the molecule is COCCCC(CN)(C(=O)O)c1ccccc1C. The molecule has 1 rings (SSSR count). The minimum Gasteiger partial charge on any atom is -0.481 e. The molecule has 0 bridgehead atoms. The van der Waals surface area contributed by atoms with E-state index in [9.17, 15) is 9.90 Å². The van der Waals surface area contributed by atoms with E-state index >= 15 is 0 Å². The number of ether oxygens (including phenoxy) is 1. The zero-order valence-corrected chi connectivity index (χ0v) is 11.0. The summed E-state index contributed by atoms with van der Waals surface area (Å²) < 4.78 is 4.99. The topological polar surface area (TPSA) is 72.5 Å². The Kier molecular flexibility index (Phi) is 5.31. The van der Waals surface area contributed by atoms with E-state index in [2.05, 4.69) is 0 Å². The summed E-state index contributed by atoms with van der Waals surface area (Å²) in [6.45, 7) is 2.55. The molecule has 4 heteroatoms. The van der Waals surface area contributed by atoms with E-state index in [1.165, 1.54) is 0 Å². The molecule has 0 aliphatic carbocycles. The molecule has 18 heavy (non-hydrogen) atoms. The van der Waals surface area contributed by atoms with Crippen molar-refractivity contribution in [1.82, 2.24) is 0 Å². The zero-order chi connectivity index (χ0) is 13.6. The molecule has 0 aromatic heterocycles. The van der Waals surface area contributed by atoms with Crippen LogP contribution in [0, 0.1) is 6.92 Å². The third kappa shape index (κ3) is 2.89. The van der Waals surface area contributed by atoms with Crippen LogP contribution in [0.4, 0.5) is 0 Å². The molecule has 0 spiro atoms. The third-order valence-electron chi connectivity index (χ3n) is 3.37. The molecule has 0 heterocycles. The van der Waals surface area contributed by atoms with Gasteiger partial charge in [-0.05, 0) is 30.9 Å². The molecule has 0 saturated carbocycles. The standard InChI is InChI=1S/C14H21NO3/c1-11-6-3-4-7-12(11)14(10-15,13(16)17)8-5-9-18-2/h3-4,6-7H,5,8-10,15H2,1-2H3,(H,16,17). The average Bonchev–Trinajstić information content (AvgIpc) is 2.36. The number of rotatable bonds is 7. The third-order valence-corrected chi connectivity index (χ3v) is 3.37. The van der Waals surface area contributed by atoms with Crippen LogP contribution in [0.15, 0.2) is 24.3 Å². The minimum atomic E-state index is -1.01. The summed E-state index contributed by atoms with van der Waals surface area (Å²) in [5.74, 6) is -0.865. The highest BCUT2D eigenvalue weighted by Gasteiger charge is 2.39. The van der Waals surface area contributed by atoms with Crippen molar-refractivity contribution < 1.29 is 14.6 Å². The van der Waals surface area contributed by atoms with E-state index in [4.69, 9.17) is 10.5 Å². The Hall–Kier alpha value is -1.39. The molecule has 0 aliphatic rings. The Labute approximate surface area is 108 Å². The summed E-state index contributed by atoms with van der Waals surface area (Å²) in [6, 6.07) is 7.52. The van der Waals surface area contributed by atoms with Crippen LogP contribution in [-0.4, -0.2) is 31.3 Å². The molecular formula is C14H21NO3. The first-order chi connectivity index (χ1) is 8.58. The van der Waals surface area contributed by atoms with Gasteiger partial charge in [-0.25, -0.2) is 0 Å². The first kappa shape index (κ1) is 14.7. The van der Waals surface area contributed by atoms with Crippen molar-refractivity contribution in [1.29, 1.82) is 0 Å². The van der Waals surface area contributed by atoms with Crippen LogP contribution in [0.3, 0.4) is 0 Å². The molecule has 1 aromatic carbocycles. The number of hydrogen-bond donors (Lipinski definition) is 2. The van der Waals surface area contributed by atoms with Crippen LogP contribution >= 0.6 is 0 Å². The fraction of sp³-hybridized carbons (Fsp3) is 0.500. The Morgan fingerprint density at radius 2 is 2.11 bits per heavy atom. The molecule has 1 unspecified atom stereocenters. The number of benzene rings is 1. The van der Waals surface area contributed by atoms with E-state index in [0.717, 1.165) is 11.1 Å². The lowest BCUT2D eigenvalue weighted by Crippen LogP contribution is -2.43. The summed E-state index contributed by atoms with van der Waals surface area (Å²) in [6.07, 6.45) is 1.16. The molecule has 4 nitrogen and oxygen atoms in total. The van der Waals surface area contributed by atoms with Crippen molar-refractivity contribution in [3.05, 3.63) is 35.4 Å². The Bertz CT molecular complexity index is 406. The Morgan fingerprint density at radius 3 is 2.61 bits per heavy atom. The fourth-order valence-corrected chi connectivity index (χ4v) is 2.28. The van der Waals surface area contributed by atoms with Crippen molar-refractivity contribution in [3.8, 4) is 0 Å². The van der Waals surface area contributed by atoms with Crippen molar-refractivity contribution in [2.75, 3.05) is 20.3 Å². The maximum absolute atomic E-state index is 11.7. The van der Waals surface area contributed by atoms with Crippen LogP contribution in [0.25, 0.3) is 0 Å². The van der Waals surface area contributed by atoms with Gasteiger partial charge >= 0.3 is 5.97 Å². The van der Waals surface area contributed by atoms with Crippen molar-refractivity contribution in [2.24, 2.45) is 5.73 Å². The Morgan fingerprint density at radius 1 is 1.44 bits per heavy atom. The van der Waals surface area contributed by atoms with E-state index in [1.54, 1.807) is 7.11 Å². The highest BCUT2D eigenvalue weighted by molar-refractivity contribution is 5.82. The second-order valence-electron chi connectivity index (χ2n) is 4.50. The predicted molar refractivity (Wildman–Crippen MR) is 70.7 cm³/mol. The van der Waals surface area contributed by atoms with Gasteiger partial charge in [-0.1, -0.05) is 24.3 Å². The molecule has 0 fully saturated rings. The van der Waals surface area contributed by atoms with Gasteiger partial charge in [0.15, 0.2) is 0 Å². The van der Waals surface area contributed by atoms with Gasteiger partial charge in [0.05, 0.1) is 0 Å². The summed E-state index contributed by atoms with van der Waals surface area (Å²) in [7, 11) is 1.61. The lowest BCUT2D eigenvalue weighted by atomic mass is 9.75. The van der Waals surface area contributed by atoms with Gasteiger partial charge in [-0.2, -0.15) is 0 Å². The largest absolute Gasteiger partial charge is 0.481 e. The molecule has 1 atom stereocenters. The number of carboxylic acids is 1. The van der Waals surface area contributed by atoms with Crippen LogP contribution in [0.2, 0.25) is 0 Å². The number of nitrogens with two attached hydrogens (primary N) is 1. The van der Waals surface area contributed by atoms with Crippen LogP contribution in [0.1, 0.15) is 24.0 Å². The monoisotopic (exact) mass is 251 g/mol. The lowest BCUT2D eigenvalue weighted by Gasteiger charge is -2.30. The number of carboxylic acid groups (broad SMARTS) is 1. The number of aliphatic carboxylic acids is 1. The summed E-state index contributed by atoms with van der Waals surface area (Å²) in [4.78, 5) is 11.7. The molecular weight excluding hydrogens is 230 g/mol. The van der Waals surface area contributed by atoms with E-state index in [1.807, 2.05) is 31.2 Å². The minimum absolute atomic E-state index is 0.0941. The number of aryl methyl sites for hydroxylation is 1. The van der Waals surface area contributed by atoms with E-state index in [-0.39, 0.29) is 6.54 Å². The molecule has 3 N–H and O–H groups in total. The van der Waals surface area contributed by atoms with Crippen LogP contribution < -0.4 is 5.73 Å². The van der Waals surface area contributed by atoms with E-state index < -0.39 is 11.4 Å². The highest BCUT2D eigenvalue weighted by atomic mass is 16.5. The average molecular weight is 251 g/mol. The summed E-state index contributed by atoms with van der Waals surface area (Å²) >= 11 is 0. The molecule has 1 aromatic rings. The van der Waals surface area contributed by atoms with Crippen molar-refractivity contribution in [3.63, 3.8) is 0 Å². The fourth-order valence-electron chi connectivity index (χ4n) is 2.28. The van der Waals surface area contributed by atoms with Gasteiger partial charge in [0, 0.05) is 20.3 Å². The lowest BCUT2D eigenvalue weighted by molar-refractivity contribution is -0.144. The zero-order valence-electron chi connectivity index (χ0n) is 11.0. The number of carbonyl (C=O) groups is 1. The van der Waals surface area contributed by atoms with Gasteiger partial charge < -0.3 is 15.6 Å². The molecule has 100 valence electrons. The molecule has 0 aliphatic heterocycles.